The molecule has 1 amide bonds. The molecule has 0 fully saturated rings. The molecule has 0 radical (unpaired) electrons. The van der Waals surface area contributed by atoms with Gasteiger partial charge in [-0.25, -0.2) is 13.2 Å². The van der Waals surface area contributed by atoms with E-state index in [4.69, 9.17) is 0 Å². The summed E-state index contributed by atoms with van der Waals surface area (Å²) in [6.45, 7) is 4.46. The molecule has 0 saturated heterocycles. The summed E-state index contributed by atoms with van der Waals surface area (Å²) < 4.78 is 29.7. The van der Waals surface area contributed by atoms with Crippen LogP contribution in [-0.4, -0.2) is 30.4 Å². The first-order chi connectivity index (χ1) is 18.1. The molecule has 38 heavy (non-hydrogen) atoms. The number of carbonyl (C=O) groups excluding carboxylic acids is 1. The second-order valence-corrected chi connectivity index (χ2v) is 11.4. The van der Waals surface area contributed by atoms with Gasteiger partial charge in [0.05, 0.1) is 16.7 Å². The monoisotopic (exact) mass is 532 g/mol. The largest absolute Gasteiger partial charge is 0.328 e. The van der Waals surface area contributed by atoms with E-state index in [0.717, 1.165) is 27.9 Å². The van der Waals surface area contributed by atoms with E-state index >= 15 is 0 Å². The first kappa shape index (κ1) is 25.5. The van der Waals surface area contributed by atoms with Gasteiger partial charge in [0.25, 0.3) is 5.56 Å². The zero-order chi connectivity index (χ0) is 27.0. The van der Waals surface area contributed by atoms with Crippen LogP contribution in [0.5, 0.6) is 0 Å². The van der Waals surface area contributed by atoms with Gasteiger partial charge in [-0.2, -0.15) is 0 Å². The number of rotatable bonds is 7. The SMILES string of the molecule is Cc1cc(C)cc(CS(=O)(=O)Nc2ccc3c(c2)CCN3C(=O)CCn2c(=O)[nH]c(=O)c3ccccc32)c1. The van der Waals surface area contributed by atoms with Crippen molar-refractivity contribution in [3.63, 3.8) is 0 Å². The Hall–Kier alpha value is -4.18. The predicted molar refractivity (Wildman–Crippen MR) is 148 cm³/mol. The summed E-state index contributed by atoms with van der Waals surface area (Å²) in [7, 11) is -3.62. The number of nitrogens with zero attached hydrogens (tertiary/aromatic N) is 2. The molecule has 0 atom stereocenters. The molecule has 1 aromatic heterocycles. The minimum Gasteiger partial charge on any atom is -0.312 e. The number of para-hydroxylation sites is 1. The van der Waals surface area contributed by atoms with Crippen LogP contribution in [-0.2, 0) is 33.5 Å². The summed E-state index contributed by atoms with van der Waals surface area (Å²) in [6, 6.07) is 17.7. The molecule has 10 heteroatoms. The highest BCUT2D eigenvalue weighted by atomic mass is 32.2. The van der Waals surface area contributed by atoms with E-state index in [0.29, 0.717) is 29.6 Å². The maximum atomic E-state index is 13.1. The van der Waals surface area contributed by atoms with Crippen LogP contribution in [0, 0.1) is 13.8 Å². The Bertz CT molecular complexity index is 1770. The second-order valence-electron chi connectivity index (χ2n) is 9.67. The zero-order valence-corrected chi connectivity index (χ0v) is 22.0. The van der Waals surface area contributed by atoms with Crippen molar-refractivity contribution in [2.75, 3.05) is 16.2 Å². The zero-order valence-electron chi connectivity index (χ0n) is 21.2. The maximum absolute atomic E-state index is 13.1. The summed E-state index contributed by atoms with van der Waals surface area (Å²) in [5.41, 5.74) is 4.27. The lowest BCUT2D eigenvalue weighted by Gasteiger charge is -2.18. The van der Waals surface area contributed by atoms with Gasteiger partial charge in [0.15, 0.2) is 0 Å². The smallest absolute Gasteiger partial charge is 0.312 e. The van der Waals surface area contributed by atoms with E-state index in [2.05, 4.69) is 9.71 Å². The van der Waals surface area contributed by atoms with Crippen LogP contribution in [0.15, 0.2) is 70.3 Å². The van der Waals surface area contributed by atoms with Crippen LogP contribution in [0.4, 0.5) is 11.4 Å². The van der Waals surface area contributed by atoms with Crippen molar-refractivity contribution >= 4 is 38.2 Å². The topological polar surface area (TPSA) is 121 Å². The Balaban J connectivity index is 1.29. The van der Waals surface area contributed by atoms with Crippen LogP contribution >= 0.6 is 0 Å². The lowest BCUT2D eigenvalue weighted by molar-refractivity contribution is -0.118. The van der Waals surface area contributed by atoms with Crippen LogP contribution < -0.4 is 20.9 Å². The molecule has 9 nitrogen and oxygen atoms in total. The number of aromatic nitrogens is 2. The number of fused-ring (bicyclic) bond motifs is 2. The highest BCUT2D eigenvalue weighted by Gasteiger charge is 2.25. The van der Waals surface area contributed by atoms with Crippen molar-refractivity contribution in [1.29, 1.82) is 0 Å². The molecular formula is C28H28N4O5S. The fourth-order valence-corrected chi connectivity index (χ4v) is 6.28. The van der Waals surface area contributed by atoms with E-state index in [1.807, 2.05) is 32.0 Å². The fourth-order valence-electron chi connectivity index (χ4n) is 5.12. The highest BCUT2D eigenvalue weighted by molar-refractivity contribution is 7.91. The summed E-state index contributed by atoms with van der Waals surface area (Å²) in [5.74, 6) is -0.287. The molecule has 0 unspecified atom stereocenters. The van der Waals surface area contributed by atoms with Gasteiger partial charge in [0, 0.05) is 30.9 Å². The average molecular weight is 533 g/mol. The number of carbonyl (C=O) groups is 1. The van der Waals surface area contributed by atoms with E-state index in [1.165, 1.54) is 4.57 Å². The maximum Gasteiger partial charge on any atom is 0.328 e. The summed E-state index contributed by atoms with van der Waals surface area (Å²) in [5, 5.41) is 0.388. The van der Waals surface area contributed by atoms with Gasteiger partial charge in [-0.3, -0.25) is 23.9 Å². The van der Waals surface area contributed by atoms with Crippen molar-refractivity contribution in [2.45, 2.75) is 39.0 Å². The number of amides is 1. The molecule has 5 rings (SSSR count). The van der Waals surface area contributed by atoms with Gasteiger partial charge in [0.1, 0.15) is 0 Å². The molecule has 3 aromatic carbocycles. The lowest BCUT2D eigenvalue weighted by Crippen LogP contribution is -2.34. The molecule has 1 aliphatic heterocycles. The van der Waals surface area contributed by atoms with E-state index in [-0.39, 0.29) is 24.6 Å². The van der Waals surface area contributed by atoms with Crippen molar-refractivity contribution in [3.8, 4) is 0 Å². The third kappa shape index (κ3) is 5.26. The summed E-state index contributed by atoms with van der Waals surface area (Å²) in [6.07, 6.45) is 0.662. The van der Waals surface area contributed by atoms with Gasteiger partial charge in [0.2, 0.25) is 15.9 Å². The quantitative estimate of drug-likeness (QED) is 0.379. The van der Waals surface area contributed by atoms with Crippen molar-refractivity contribution < 1.29 is 13.2 Å². The Labute approximate surface area is 219 Å². The third-order valence-electron chi connectivity index (χ3n) is 6.64. The van der Waals surface area contributed by atoms with E-state index in [1.54, 1.807) is 47.4 Å². The van der Waals surface area contributed by atoms with Crippen molar-refractivity contribution in [2.24, 2.45) is 0 Å². The van der Waals surface area contributed by atoms with E-state index < -0.39 is 21.3 Å². The van der Waals surface area contributed by atoms with Crippen LogP contribution in [0.25, 0.3) is 10.9 Å². The van der Waals surface area contributed by atoms with E-state index in [9.17, 15) is 22.8 Å². The van der Waals surface area contributed by atoms with Crippen LogP contribution in [0.3, 0.4) is 0 Å². The number of aryl methyl sites for hydroxylation is 3. The molecular weight excluding hydrogens is 504 g/mol. The number of H-pyrrole nitrogens is 1. The molecule has 2 heterocycles. The Morgan fingerprint density at radius 3 is 2.50 bits per heavy atom. The first-order valence-corrected chi connectivity index (χ1v) is 14.0. The Morgan fingerprint density at radius 1 is 1.00 bits per heavy atom. The number of benzene rings is 3. The van der Waals surface area contributed by atoms with Crippen LogP contribution in [0.1, 0.15) is 28.7 Å². The number of nitrogens with one attached hydrogen (secondary N) is 2. The highest BCUT2D eigenvalue weighted by Crippen LogP contribution is 2.31. The molecule has 196 valence electrons. The molecule has 1 aliphatic rings. The number of aromatic amines is 1. The number of anilines is 2. The van der Waals surface area contributed by atoms with Crippen molar-refractivity contribution in [1.82, 2.24) is 9.55 Å². The molecule has 2 N–H and O–H groups in total. The number of hydrogen-bond donors (Lipinski definition) is 2. The minimum atomic E-state index is -3.62. The lowest BCUT2D eigenvalue weighted by atomic mass is 10.1. The Morgan fingerprint density at radius 2 is 1.74 bits per heavy atom. The molecule has 0 spiro atoms. The molecule has 0 aliphatic carbocycles. The van der Waals surface area contributed by atoms with Gasteiger partial charge >= 0.3 is 5.69 Å². The summed E-state index contributed by atoms with van der Waals surface area (Å²) in [4.78, 5) is 41.6. The fraction of sp³-hybridized carbons (Fsp3) is 0.250. The molecule has 0 bridgehead atoms. The standard InChI is InChI=1S/C28H28N4O5S/c1-18-13-19(2)15-20(14-18)17-38(36,37)30-22-7-8-24-21(16-22)9-11-31(24)26(33)10-12-32-25-6-4-3-5-23(25)27(34)29-28(32)35/h3-8,13-16,30H,9-12,17H2,1-2H3,(H,29,34,35). The Kier molecular flexibility index (Phi) is 6.66. The summed E-state index contributed by atoms with van der Waals surface area (Å²) >= 11 is 0. The normalized spacial score (nSPS) is 13.1. The molecule has 0 saturated carbocycles. The minimum absolute atomic E-state index is 0.0691. The van der Waals surface area contributed by atoms with Gasteiger partial charge in [-0.05, 0) is 61.7 Å². The van der Waals surface area contributed by atoms with Gasteiger partial charge in [-0.15, -0.1) is 0 Å². The first-order valence-electron chi connectivity index (χ1n) is 12.3. The van der Waals surface area contributed by atoms with Gasteiger partial charge < -0.3 is 4.90 Å². The predicted octanol–water partition coefficient (Wildman–Crippen LogP) is 3.23. The average Bonchev–Trinajstić information content (AvgIpc) is 3.26. The second kappa shape index (κ2) is 9.94. The van der Waals surface area contributed by atoms with Crippen molar-refractivity contribution in [3.05, 3.63) is 104 Å². The number of sulfonamides is 1. The van der Waals surface area contributed by atoms with Crippen LogP contribution in [0.2, 0.25) is 0 Å². The third-order valence-corrected chi connectivity index (χ3v) is 7.90. The van der Waals surface area contributed by atoms with Gasteiger partial charge in [-0.1, -0.05) is 41.5 Å². The number of hydrogen-bond acceptors (Lipinski definition) is 5. The molecule has 4 aromatic rings.